The summed E-state index contributed by atoms with van der Waals surface area (Å²) in [6.07, 6.45) is 2.44. The molecule has 1 heterocycles. The third kappa shape index (κ3) is 5.52. The highest BCUT2D eigenvalue weighted by Crippen LogP contribution is 2.24. The summed E-state index contributed by atoms with van der Waals surface area (Å²) >= 11 is 0. The van der Waals surface area contributed by atoms with Gasteiger partial charge in [-0.25, -0.2) is 4.79 Å². The molecule has 1 aromatic carbocycles. The standard InChI is InChI=1S/C18H29N3O2/c1-18(2,23)14-20(3)17(22)19-13-16(21-11-7-8-12-21)15-9-5-4-6-10-15/h4-6,9-10,16,23H,7-8,11-14H2,1-3H3,(H,19,22). The van der Waals surface area contributed by atoms with Crippen LogP contribution in [-0.4, -0.2) is 59.8 Å². The summed E-state index contributed by atoms with van der Waals surface area (Å²) in [5.74, 6) is 0. The van der Waals surface area contributed by atoms with Crippen LogP contribution in [0.4, 0.5) is 4.79 Å². The van der Waals surface area contributed by atoms with E-state index in [9.17, 15) is 9.90 Å². The Balaban J connectivity index is 1.97. The molecule has 0 bridgehead atoms. The van der Waals surface area contributed by atoms with E-state index in [1.54, 1.807) is 20.9 Å². The fourth-order valence-corrected chi connectivity index (χ4v) is 3.16. The highest BCUT2D eigenvalue weighted by molar-refractivity contribution is 5.74. The van der Waals surface area contributed by atoms with Crippen LogP contribution in [0, 0.1) is 0 Å². The van der Waals surface area contributed by atoms with E-state index in [2.05, 4.69) is 22.3 Å². The molecule has 1 aromatic rings. The van der Waals surface area contributed by atoms with Crippen LogP contribution in [0.15, 0.2) is 30.3 Å². The molecular weight excluding hydrogens is 290 g/mol. The summed E-state index contributed by atoms with van der Waals surface area (Å²) in [4.78, 5) is 16.2. The van der Waals surface area contributed by atoms with Crippen LogP contribution in [-0.2, 0) is 0 Å². The molecule has 0 aromatic heterocycles. The zero-order valence-corrected chi connectivity index (χ0v) is 14.5. The number of urea groups is 1. The molecule has 5 heteroatoms. The van der Waals surface area contributed by atoms with Crippen LogP contribution in [0.1, 0.15) is 38.3 Å². The second-order valence-electron chi connectivity index (χ2n) is 7.02. The molecule has 0 aliphatic carbocycles. The Labute approximate surface area is 139 Å². The van der Waals surface area contributed by atoms with Crippen LogP contribution in [0.25, 0.3) is 0 Å². The Bertz CT molecular complexity index is 493. The van der Waals surface area contributed by atoms with Gasteiger partial charge < -0.3 is 15.3 Å². The highest BCUT2D eigenvalue weighted by atomic mass is 16.3. The number of likely N-dealkylation sites (tertiary alicyclic amines) is 1. The normalized spacial score (nSPS) is 17.0. The van der Waals surface area contributed by atoms with E-state index in [0.717, 1.165) is 13.1 Å². The van der Waals surface area contributed by atoms with Crippen molar-refractivity contribution in [1.29, 1.82) is 0 Å². The quantitative estimate of drug-likeness (QED) is 0.845. The molecule has 1 aliphatic heterocycles. The predicted molar refractivity (Wildman–Crippen MR) is 92.3 cm³/mol. The second kappa shape index (κ2) is 7.79. The molecular formula is C18H29N3O2. The number of carbonyl (C=O) groups is 1. The second-order valence-corrected chi connectivity index (χ2v) is 7.02. The number of benzene rings is 1. The van der Waals surface area contributed by atoms with E-state index in [1.807, 2.05) is 18.2 Å². The Morgan fingerprint density at radius 1 is 1.30 bits per heavy atom. The third-order valence-corrected chi connectivity index (χ3v) is 4.18. The number of rotatable bonds is 6. The van der Waals surface area contributed by atoms with Gasteiger partial charge in [-0.15, -0.1) is 0 Å². The molecule has 2 N–H and O–H groups in total. The molecule has 23 heavy (non-hydrogen) atoms. The van der Waals surface area contributed by atoms with Gasteiger partial charge in [0.05, 0.1) is 18.2 Å². The molecule has 0 radical (unpaired) electrons. The predicted octanol–water partition coefficient (Wildman–Crippen LogP) is 2.24. The van der Waals surface area contributed by atoms with Crippen molar-refractivity contribution >= 4 is 6.03 Å². The number of nitrogens with one attached hydrogen (secondary N) is 1. The number of hydrogen-bond acceptors (Lipinski definition) is 3. The fourth-order valence-electron chi connectivity index (χ4n) is 3.16. The van der Waals surface area contributed by atoms with Gasteiger partial charge in [0.2, 0.25) is 0 Å². The number of amides is 2. The summed E-state index contributed by atoms with van der Waals surface area (Å²) < 4.78 is 0. The minimum Gasteiger partial charge on any atom is -0.389 e. The monoisotopic (exact) mass is 319 g/mol. The summed E-state index contributed by atoms with van der Waals surface area (Å²) in [6.45, 7) is 6.45. The van der Waals surface area contributed by atoms with Crippen LogP contribution in [0.5, 0.6) is 0 Å². The average molecular weight is 319 g/mol. The van der Waals surface area contributed by atoms with E-state index < -0.39 is 5.60 Å². The topological polar surface area (TPSA) is 55.8 Å². The van der Waals surface area contributed by atoms with Gasteiger partial charge in [-0.2, -0.15) is 0 Å². The number of hydrogen-bond donors (Lipinski definition) is 2. The summed E-state index contributed by atoms with van der Waals surface area (Å²) in [5.41, 5.74) is 0.347. The van der Waals surface area contributed by atoms with Gasteiger partial charge in [-0.1, -0.05) is 30.3 Å². The van der Waals surface area contributed by atoms with Gasteiger partial charge >= 0.3 is 6.03 Å². The maximum absolute atomic E-state index is 12.3. The lowest BCUT2D eigenvalue weighted by Crippen LogP contribution is -2.46. The molecule has 1 atom stereocenters. The van der Waals surface area contributed by atoms with Gasteiger partial charge in [0, 0.05) is 13.6 Å². The van der Waals surface area contributed by atoms with Crippen molar-refractivity contribution in [3.05, 3.63) is 35.9 Å². The highest BCUT2D eigenvalue weighted by Gasteiger charge is 2.25. The van der Waals surface area contributed by atoms with Crippen LogP contribution < -0.4 is 5.32 Å². The molecule has 5 nitrogen and oxygen atoms in total. The van der Waals surface area contributed by atoms with E-state index in [0.29, 0.717) is 13.1 Å². The first kappa shape index (κ1) is 17.8. The zero-order valence-electron chi connectivity index (χ0n) is 14.5. The largest absolute Gasteiger partial charge is 0.389 e. The molecule has 1 aliphatic rings. The van der Waals surface area contributed by atoms with Crippen LogP contribution >= 0.6 is 0 Å². The van der Waals surface area contributed by atoms with E-state index >= 15 is 0 Å². The Kier molecular flexibility index (Phi) is 6.02. The van der Waals surface area contributed by atoms with E-state index in [4.69, 9.17) is 0 Å². The minimum absolute atomic E-state index is 0.146. The van der Waals surface area contributed by atoms with E-state index in [-0.39, 0.29) is 12.1 Å². The number of likely N-dealkylation sites (N-methyl/N-ethyl adjacent to an activating group) is 1. The van der Waals surface area contributed by atoms with Gasteiger partial charge in [0.1, 0.15) is 0 Å². The molecule has 1 fully saturated rings. The maximum Gasteiger partial charge on any atom is 0.317 e. The van der Waals surface area contributed by atoms with Crippen molar-refractivity contribution in [3.8, 4) is 0 Å². The smallest absolute Gasteiger partial charge is 0.317 e. The van der Waals surface area contributed by atoms with Gasteiger partial charge in [-0.05, 0) is 45.3 Å². The van der Waals surface area contributed by atoms with Crippen LogP contribution in [0.2, 0.25) is 0 Å². The van der Waals surface area contributed by atoms with E-state index in [1.165, 1.54) is 23.3 Å². The van der Waals surface area contributed by atoms with Gasteiger partial charge in [0.15, 0.2) is 0 Å². The van der Waals surface area contributed by atoms with Crippen molar-refractivity contribution in [3.63, 3.8) is 0 Å². The third-order valence-electron chi connectivity index (χ3n) is 4.18. The lowest BCUT2D eigenvalue weighted by molar-refractivity contribution is 0.0529. The fraction of sp³-hybridized carbons (Fsp3) is 0.611. The summed E-state index contributed by atoms with van der Waals surface area (Å²) in [5, 5.41) is 12.8. The van der Waals surface area contributed by atoms with Crippen molar-refractivity contribution in [2.75, 3.05) is 33.2 Å². The van der Waals surface area contributed by atoms with Crippen LogP contribution in [0.3, 0.4) is 0 Å². The molecule has 1 saturated heterocycles. The van der Waals surface area contributed by atoms with Gasteiger partial charge in [-0.3, -0.25) is 4.90 Å². The molecule has 0 saturated carbocycles. The SMILES string of the molecule is CN(CC(C)(C)O)C(=O)NCC(c1ccccc1)N1CCCC1. The molecule has 2 rings (SSSR count). The van der Waals surface area contributed by atoms with Crippen molar-refractivity contribution < 1.29 is 9.90 Å². The molecule has 1 unspecified atom stereocenters. The number of nitrogens with zero attached hydrogens (tertiary/aromatic N) is 2. The van der Waals surface area contributed by atoms with Crippen molar-refractivity contribution in [1.82, 2.24) is 15.1 Å². The minimum atomic E-state index is -0.889. The zero-order chi connectivity index (χ0) is 16.9. The Morgan fingerprint density at radius 3 is 2.48 bits per heavy atom. The lowest BCUT2D eigenvalue weighted by Gasteiger charge is -2.30. The first-order valence-electron chi connectivity index (χ1n) is 8.37. The first-order chi connectivity index (χ1) is 10.9. The number of carbonyl (C=O) groups excluding carboxylic acids is 1. The van der Waals surface area contributed by atoms with Crippen molar-refractivity contribution in [2.24, 2.45) is 0 Å². The lowest BCUT2D eigenvalue weighted by atomic mass is 10.1. The summed E-state index contributed by atoms with van der Waals surface area (Å²) in [7, 11) is 1.71. The average Bonchev–Trinajstić information content (AvgIpc) is 3.00. The Hall–Kier alpha value is -1.59. The maximum atomic E-state index is 12.3. The first-order valence-corrected chi connectivity index (χ1v) is 8.37. The molecule has 2 amide bonds. The number of aliphatic hydroxyl groups is 1. The van der Waals surface area contributed by atoms with Crippen molar-refractivity contribution in [2.45, 2.75) is 38.3 Å². The molecule has 128 valence electrons. The Morgan fingerprint density at radius 2 is 1.91 bits per heavy atom. The summed E-state index contributed by atoms with van der Waals surface area (Å²) in [6, 6.07) is 10.4. The molecule has 0 spiro atoms. The van der Waals surface area contributed by atoms with Gasteiger partial charge in [0.25, 0.3) is 0 Å².